The summed E-state index contributed by atoms with van der Waals surface area (Å²) in [5.74, 6) is 0. The number of nitrogens with zero attached hydrogens (tertiary/aromatic N) is 1. The molecular weight excluding hydrogens is 428 g/mol. The van der Waals surface area contributed by atoms with Gasteiger partial charge in [0.2, 0.25) is 0 Å². The molecule has 2 aliphatic rings. The van der Waals surface area contributed by atoms with Gasteiger partial charge in [0.05, 0.1) is 0 Å². The molecule has 0 spiro atoms. The molecule has 7 rings (SSSR count). The quantitative estimate of drug-likeness (QED) is 0.342. The Balaban J connectivity index is 1.67. The van der Waals surface area contributed by atoms with Crippen LogP contribution in [0.3, 0.4) is 0 Å². The number of hydrogen-bond acceptors (Lipinski definition) is 0. The minimum atomic E-state index is 0.331. The predicted molar refractivity (Wildman–Crippen MR) is 130 cm³/mol. The monoisotopic (exact) mass is 447 g/mol. The van der Waals surface area contributed by atoms with Crippen LogP contribution >= 0.6 is 0 Å². The maximum atomic E-state index is 2.53. The third-order valence-corrected chi connectivity index (χ3v) is 9.10. The van der Waals surface area contributed by atoms with Gasteiger partial charge in [-0.05, 0) is 0 Å². The van der Waals surface area contributed by atoms with Gasteiger partial charge in [-0.15, -0.1) is 0 Å². The van der Waals surface area contributed by atoms with E-state index in [4.69, 9.17) is 0 Å². The second-order valence-corrected chi connectivity index (χ2v) is 10.4. The summed E-state index contributed by atoms with van der Waals surface area (Å²) in [7, 11) is 0. The average Bonchev–Trinajstić information content (AvgIpc) is 3.10. The summed E-state index contributed by atoms with van der Waals surface area (Å²) in [5.41, 5.74) is 11.2. The molecule has 0 N–H and O–H groups in total. The van der Waals surface area contributed by atoms with Gasteiger partial charge in [-0.3, -0.25) is 0 Å². The maximum absolute atomic E-state index is 2.53. The topological polar surface area (TPSA) is 4.93 Å². The Kier molecular flexibility index (Phi) is 3.36. The summed E-state index contributed by atoms with van der Waals surface area (Å²) >= 11 is 0.354. The van der Waals surface area contributed by atoms with Gasteiger partial charge in [-0.25, -0.2) is 0 Å². The average molecular weight is 446 g/mol. The summed E-state index contributed by atoms with van der Waals surface area (Å²) in [5, 5.41) is 1.36. The number of rotatable bonds is 1. The molecule has 3 heteroatoms. The first-order valence-electron chi connectivity index (χ1n) is 10.4. The van der Waals surface area contributed by atoms with Gasteiger partial charge in [0.25, 0.3) is 0 Å². The van der Waals surface area contributed by atoms with Crippen molar-refractivity contribution in [3.05, 3.63) is 96.7 Å². The van der Waals surface area contributed by atoms with E-state index in [9.17, 15) is 0 Å². The Labute approximate surface area is 182 Å². The van der Waals surface area contributed by atoms with Crippen molar-refractivity contribution >= 4 is 57.9 Å². The van der Waals surface area contributed by atoms with Crippen LogP contribution in [0.4, 0.5) is 0 Å². The van der Waals surface area contributed by atoms with Gasteiger partial charge in [0, 0.05) is 0 Å². The van der Waals surface area contributed by atoms with Crippen molar-refractivity contribution in [2.45, 2.75) is 6.92 Å². The summed E-state index contributed by atoms with van der Waals surface area (Å²) in [6.45, 7) is 2.62. The Morgan fingerprint density at radius 1 is 0.700 bits per heavy atom. The number of para-hydroxylation sites is 1. The van der Waals surface area contributed by atoms with E-state index in [0.717, 1.165) is 0 Å². The molecule has 0 amide bonds. The van der Waals surface area contributed by atoms with E-state index in [1.54, 1.807) is 0 Å². The molecule has 1 aromatic heterocycles. The summed E-state index contributed by atoms with van der Waals surface area (Å²) in [6, 6.07) is 33.8. The van der Waals surface area contributed by atoms with Crippen LogP contribution in [0.5, 0.6) is 0 Å². The Bertz CT molecular complexity index is 1480. The van der Waals surface area contributed by atoms with Crippen molar-refractivity contribution in [2.75, 3.05) is 0 Å². The Morgan fingerprint density at radius 3 is 2.33 bits per heavy atom. The van der Waals surface area contributed by atoms with Crippen molar-refractivity contribution in [2.24, 2.45) is 0 Å². The number of benzene rings is 4. The predicted octanol–water partition coefficient (Wildman–Crippen LogP) is 2.40. The van der Waals surface area contributed by atoms with Gasteiger partial charge in [-0.1, -0.05) is 0 Å². The van der Waals surface area contributed by atoms with Crippen LogP contribution < -0.4 is 25.3 Å². The molecular formula is C27H18BNSe. The molecule has 0 aliphatic carbocycles. The first kappa shape index (κ1) is 16.8. The van der Waals surface area contributed by atoms with Crippen LogP contribution in [0, 0.1) is 6.92 Å². The molecule has 30 heavy (non-hydrogen) atoms. The van der Waals surface area contributed by atoms with Gasteiger partial charge >= 0.3 is 183 Å². The molecule has 0 atom stereocenters. The van der Waals surface area contributed by atoms with Crippen molar-refractivity contribution in [3.8, 4) is 16.8 Å². The second-order valence-electron chi connectivity index (χ2n) is 8.17. The van der Waals surface area contributed by atoms with Gasteiger partial charge in [0.15, 0.2) is 0 Å². The van der Waals surface area contributed by atoms with Crippen molar-refractivity contribution in [3.63, 3.8) is 0 Å². The van der Waals surface area contributed by atoms with E-state index in [2.05, 4.69) is 102 Å². The zero-order valence-electron chi connectivity index (χ0n) is 16.6. The van der Waals surface area contributed by atoms with Crippen molar-refractivity contribution in [1.82, 2.24) is 4.57 Å². The van der Waals surface area contributed by atoms with Gasteiger partial charge in [0.1, 0.15) is 0 Å². The summed E-state index contributed by atoms with van der Waals surface area (Å²) < 4.78 is 5.59. The van der Waals surface area contributed by atoms with E-state index >= 15 is 0 Å². The second kappa shape index (κ2) is 6.01. The fourth-order valence-electron chi connectivity index (χ4n) is 5.51. The molecule has 0 unspecified atom stereocenters. The molecule has 3 heterocycles. The van der Waals surface area contributed by atoms with Crippen LogP contribution in [0.2, 0.25) is 0 Å². The van der Waals surface area contributed by atoms with Crippen LogP contribution in [0.15, 0.2) is 91.0 Å². The van der Waals surface area contributed by atoms with Crippen LogP contribution in [0.1, 0.15) is 5.69 Å². The van der Waals surface area contributed by atoms with Crippen LogP contribution in [-0.4, -0.2) is 26.2 Å². The fraction of sp³-hybridized carbons (Fsp3) is 0.0370. The molecule has 0 radical (unpaired) electrons. The SMILES string of the molecule is Cc1c(-c2ccccc2)c2cccc3c2n1-c1cccc2c1B3c1ccccc1[Se]2. The van der Waals surface area contributed by atoms with Crippen molar-refractivity contribution in [1.29, 1.82) is 0 Å². The molecule has 0 saturated carbocycles. The number of fused-ring (bicyclic) bond motifs is 4. The number of aromatic nitrogens is 1. The van der Waals surface area contributed by atoms with E-state index in [1.807, 2.05) is 0 Å². The van der Waals surface area contributed by atoms with E-state index in [1.165, 1.54) is 58.7 Å². The first-order chi connectivity index (χ1) is 14.8. The molecule has 140 valence electrons. The third kappa shape index (κ3) is 2.04. The molecule has 2 aliphatic heterocycles. The normalized spacial score (nSPS) is 13.3. The third-order valence-electron chi connectivity index (χ3n) is 6.65. The molecule has 0 bridgehead atoms. The standard InChI is InChI=1S/C27H18BNSe/c1-17-25(18-9-3-2-4-10-18)19-11-7-13-21-27(19)29(17)22-14-8-16-24-26(22)28(21)20-12-5-6-15-23(20)30-24/h2-16H,1H3. The minimum absolute atomic E-state index is 0.331. The molecule has 0 fully saturated rings. The fourth-order valence-corrected chi connectivity index (χ4v) is 7.95. The van der Waals surface area contributed by atoms with E-state index < -0.39 is 0 Å². The van der Waals surface area contributed by atoms with Crippen LogP contribution in [0.25, 0.3) is 27.7 Å². The zero-order valence-corrected chi connectivity index (χ0v) is 18.3. The zero-order chi connectivity index (χ0) is 19.8. The summed E-state index contributed by atoms with van der Waals surface area (Å²) in [4.78, 5) is 0. The Hall–Kier alpha value is -3.00. The van der Waals surface area contributed by atoms with Gasteiger partial charge in [-0.2, -0.15) is 0 Å². The first-order valence-corrected chi connectivity index (χ1v) is 12.1. The summed E-state index contributed by atoms with van der Waals surface area (Å²) in [6.07, 6.45) is 0. The van der Waals surface area contributed by atoms with Crippen molar-refractivity contribution < 1.29 is 0 Å². The van der Waals surface area contributed by atoms with Crippen LogP contribution in [-0.2, 0) is 0 Å². The number of hydrogen-bond donors (Lipinski definition) is 0. The Morgan fingerprint density at radius 2 is 1.43 bits per heavy atom. The molecule has 4 aromatic carbocycles. The molecule has 0 saturated heterocycles. The molecule has 1 nitrogen and oxygen atoms in total. The van der Waals surface area contributed by atoms with E-state index in [-0.39, 0.29) is 0 Å². The van der Waals surface area contributed by atoms with E-state index in [0.29, 0.717) is 21.7 Å². The van der Waals surface area contributed by atoms with Gasteiger partial charge < -0.3 is 0 Å². The molecule has 5 aromatic rings.